The van der Waals surface area contributed by atoms with Gasteiger partial charge < -0.3 is 9.64 Å². The summed E-state index contributed by atoms with van der Waals surface area (Å²) in [5.74, 6) is 1.70. The molecule has 1 aromatic carbocycles. The Hall–Kier alpha value is -2.30. The van der Waals surface area contributed by atoms with Gasteiger partial charge in [-0.3, -0.25) is 9.48 Å². The zero-order valence-electron chi connectivity index (χ0n) is 14.6. The van der Waals surface area contributed by atoms with E-state index in [-0.39, 0.29) is 11.9 Å². The maximum absolute atomic E-state index is 12.7. The van der Waals surface area contributed by atoms with Gasteiger partial charge in [-0.1, -0.05) is 19.1 Å². The van der Waals surface area contributed by atoms with Gasteiger partial charge in [0.15, 0.2) is 0 Å². The molecule has 0 spiro atoms. The van der Waals surface area contributed by atoms with Crippen molar-refractivity contribution in [1.29, 1.82) is 0 Å². The van der Waals surface area contributed by atoms with Gasteiger partial charge in [-0.05, 0) is 43.4 Å². The van der Waals surface area contributed by atoms with E-state index >= 15 is 0 Å². The Bertz CT molecular complexity index is 685. The molecule has 1 amide bonds. The molecule has 1 aliphatic rings. The van der Waals surface area contributed by atoms with Crippen LogP contribution in [-0.4, -0.2) is 40.8 Å². The molecule has 0 saturated carbocycles. The minimum absolute atomic E-state index is 0.159. The van der Waals surface area contributed by atoms with Crippen molar-refractivity contribution in [3.8, 4) is 16.9 Å². The third kappa shape index (κ3) is 3.45. The number of benzene rings is 1. The molecule has 0 radical (unpaired) electrons. The summed E-state index contributed by atoms with van der Waals surface area (Å²) in [4.78, 5) is 14.7. The van der Waals surface area contributed by atoms with E-state index in [1.165, 1.54) is 0 Å². The number of ether oxygens (including phenoxy) is 1. The predicted molar refractivity (Wildman–Crippen MR) is 93.9 cm³/mol. The zero-order valence-corrected chi connectivity index (χ0v) is 14.6. The Balaban J connectivity index is 1.70. The molecule has 2 aromatic rings. The third-order valence-corrected chi connectivity index (χ3v) is 4.87. The van der Waals surface area contributed by atoms with Crippen LogP contribution in [0.25, 0.3) is 11.1 Å². The molecular formula is C19H25N3O2. The van der Waals surface area contributed by atoms with E-state index in [0.717, 1.165) is 48.7 Å². The molecule has 0 aliphatic carbocycles. The van der Waals surface area contributed by atoms with Crippen LogP contribution in [0.5, 0.6) is 5.75 Å². The standard InChI is InChI=1S/C19H25N3O2/c1-14-8-10-21(11-9-14)19(23)15(2)22-13-17(12-20-22)16-4-6-18(24-3)7-5-16/h4-7,12-15H,8-11H2,1-3H3/t15-/m0/s1. The quantitative estimate of drug-likeness (QED) is 0.865. The zero-order chi connectivity index (χ0) is 17.1. The smallest absolute Gasteiger partial charge is 0.247 e. The summed E-state index contributed by atoms with van der Waals surface area (Å²) in [6.45, 7) is 5.89. The first-order chi connectivity index (χ1) is 11.6. The maximum Gasteiger partial charge on any atom is 0.247 e. The van der Waals surface area contributed by atoms with Crippen molar-refractivity contribution < 1.29 is 9.53 Å². The Morgan fingerprint density at radius 3 is 2.50 bits per heavy atom. The van der Waals surface area contributed by atoms with E-state index in [9.17, 15) is 4.79 Å². The number of likely N-dealkylation sites (tertiary alicyclic amines) is 1. The summed E-state index contributed by atoms with van der Waals surface area (Å²) < 4.78 is 6.95. The lowest BCUT2D eigenvalue weighted by molar-refractivity contribution is -0.135. The largest absolute Gasteiger partial charge is 0.497 e. The van der Waals surface area contributed by atoms with E-state index in [4.69, 9.17) is 4.74 Å². The lowest BCUT2D eigenvalue weighted by Crippen LogP contribution is -2.41. The molecule has 0 bridgehead atoms. The second kappa shape index (κ2) is 7.07. The molecule has 24 heavy (non-hydrogen) atoms. The van der Waals surface area contributed by atoms with Crippen LogP contribution in [0.2, 0.25) is 0 Å². The van der Waals surface area contributed by atoms with Crippen LogP contribution in [0.1, 0.15) is 32.7 Å². The second-order valence-electron chi connectivity index (χ2n) is 6.62. The van der Waals surface area contributed by atoms with E-state index in [1.54, 1.807) is 11.8 Å². The highest BCUT2D eigenvalue weighted by atomic mass is 16.5. The lowest BCUT2D eigenvalue weighted by Gasteiger charge is -2.32. The van der Waals surface area contributed by atoms with Crippen molar-refractivity contribution >= 4 is 5.91 Å². The number of hydrogen-bond acceptors (Lipinski definition) is 3. The number of carbonyl (C=O) groups is 1. The van der Waals surface area contributed by atoms with Gasteiger partial charge in [0.2, 0.25) is 5.91 Å². The molecule has 1 aliphatic heterocycles. The molecule has 1 fully saturated rings. The van der Waals surface area contributed by atoms with Gasteiger partial charge in [-0.2, -0.15) is 5.10 Å². The van der Waals surface area contributed by atoms with Gasteiger partial charge in [0.05, 0.1) is 13.3 Å². The molecule has 3 rings (SSSR count). The number of carbonyl (C=O) groups excluding carboxylic acids is 1. The monoisotopic (exact) mass is 327 g/mol. The molecule has 0 N–H and O–H groups in total. The molecule has 2 heterocycles. The Morgan fingerprint density at radius 2 is 1.88 bits per heavy atom. The normalized spacial score (nSPS) is 16.9. The minimum Gasteiger partial charge on any atom is -0.497 e. The number of nitrogens with zero attached hydrogens (tertiary/aromatic N) is 3. The number of amides is 1. The highest BCUT2D eigenvalue weighted by Gasteiger charge is 2.25. The van der Waals surface area contributed by atoms with E-state index in [2.05, 4.69) is 12.0 Å². The first-order valence-corrected chi connectivity index (χ1v) is 8.56. The highest BCUT2D eigenvalue weighted by molar-refractivity contribution is 5.80. The summed E-state index contributed by atoms with van der Waals surface area (Å²) in [5.41, 5.74) is 2.07. The van der Waals surface area contributed by atoms with Crippen molar-refractivity contribution in [3.63, 3.8) is 0 Å². The van der Waals surface area contributed by atoms with E-state index < -0.39 is 0 Å². The number of methoxy groups -OCH3 is 1. The number of hydrogen-bond donors (Lipinski definition) is 0. The summed E-state index contributed by atoms with van der Waals surface area (Å²) in [7, 11) is 1.65. The summed E-state index contributed by atoms with van der Waals surface area (Å²) in [5, 5.41) is 4.40. The Kier molecular flexibility index (Phi) is 4.88. The average Bonchev–Trinajstić information content (AvgIpc) is 3.11. The van der Waals surface area contributed by atoms with Crippen molar-refractivity contribution in [2.24, 2.45) is 5.92 Å². The van der Waals surface area contributed by atoms with Gasteiger partial charge in [0.25, 0.3) is 0 Å². The SMILES string of the molecule is COc1ccc(-c2cnn([C@@H](C)C(=O)N3CCC(C)CC3)c2)cc1. The van der Waals surface area contributed by atoms with E-state index in [1.807, 2.05) is 48.5 Å². The summed E-state index contributed by atoms with van der Waals surface area (Å²) in [6, 6.07) is 7.58. The summed E-state index contributed by atoms with van der Waals surface area (Å²) in [6.07, 6.45) is 5.93. The Morgan fingerprint density at radius 1 is 1.21 bits per heavy atom. The molecule has 1 aromatic heterocycles. The first kappa shape index (κ1) is 16.6. The van der Waals surface area contributed by atoms with Crippen molar-refractivity contribution in [2.45, 2.75) is 32.7 Å². The topological polar surface area (TPSA) is 47.4 Å². The van der Waals surface area contributed by atoms with Crippen LogP contribution in [-0.2, 0) is 4.79 Å². The van der Waals surface area contributed by atoms with Crippen LogP contribution in [0.3, 0.4) is 0 Å². The van der Waals surface area contributed by atoms with Crippen LogP contribution in [0.4, 0.5) is 0 Å². The van der Waals surface area contributed by atoms with Crippen LogP contribution >= 0.6 is 0 Å². The van der Waals surface area contributed by atoms with Gasteiger partial charge in [-0.15, -0.1) is 0 Å². The second-order valence-corrected chi connectivity index (χ2v) is 6.62. The predicted octanol–water partition coefficient (Wildman–Crippen LogP) is 3.38. The lowest BCUT2D eigenvalue weighted by atomic mass is 9.99. The first-order valence-electron chi connectivity index (χ1n) is 8.56. The molecule has 0 unspecified atom stereocenters. The fourth-order valence-corrected chi connectivity index (χ4v) is 3.09. The van der Waals surface area contributed by atoms with Crippen molar-refractivity contribution in [1.82, 2.24) is 14.7 Å². The number of aromatic nitrogens is 2. The number of piperidine rings is 1. The molecule has 1 saturated heterocycles. The molecule has 1 atom stereocenters. The summed E-state index contributed by atoms with van der Waals surface area (Å²) >= 11 is 0. The van der Waals surface area contributed by atoms with Crippen LogP contribution in [0, 0.1) is 5.92 Å². The van der Waals surface area contributed by atoms with Gasteiger partial charge >= 0.3 is 0 Å². The van der Waals surface area contributed by atoms with Gasteiger partial charge in [0.1, 0.15) is 11.8 Å². The highest BCUT2D eigenvalue weighted by Crippen LogP contribution is 2.24. The Labute approximate surface area is 143 Å². The molecule has 5 nitrogen and oxygen atoms in total. The molecule has 5 heteroatoms. The fraction of sp³-hybridized carbons (Fsp3) is 0.474. The van der Waals surface area contributed by atoms with Crippen molar-refractivity contribution in [3.05, 3.63) is 36.7 Å². The maximum atomic E-state index is 12.7. The van der Waals surface area contributed by atoms with E-state index in [0.29, 0.717) is 0 Å². The van der Waals surface area contributed by atoms with Gasteiger partial charge in [0, 0.05) is 24.8 Å². The molecule has 128 valence electrons. The van der Waals surface area contributed by atoms with Crippen LogP contribution in [0.15, 0.2) is 36.7 Å². The molecular weight excluding hydrogens is 302 g/mol. The van der Waals surface area contributed by atoms with Crippen LogP contribution < -0.4 is 4.74 Å². The minimum atomic E-state index is -0.273. The van der Waals surface area contributed by atoms with Crippen molar-refractivity contribution in [2.75, 3.05) is 20.2 Å². The number of rotatable bonds is 4. The average molecular weight is 327 g/mol. The van der Waals surface area contributed by atoms with Gasteiger partial charge in [-0.25, -0.2) is 0 Å². The third-order valence-electron chi connectivity index (χ3n) is 4.87. The fourth-order valence-electron chi connectivity index (χ4n) is 3.09.